The molecule has 5 heteroatoms. The molecule has 0 saturated heterocycles. The minimum Gasteiger partial charge on any atom is -0.487 e. The number of carboxylic acids is 1. The van der Waals surface area contributed by atoms with E-state index in [4.69, 9.17) is 9.84 Å². The SMILES string of the molecule is O=C(O)CNc1ccc(I)cc1OCc1ccccc1. The molecule has 0 aromatic heterocycles. The topological polar surface area (TPSA) is 58.6 Å². The molecule has 2 N–H and O–H groups in total. The van der Waals surface area contributed by atoms with Crippen molar-refractivity contribution in [2.75, 3.05) is 11.9 Å². The lowest BCUT2D eigenvalue weighted by atomic mass is 10.2. The van der Waals surface area contributed by atoms with Crippen LogP contribution in [0.3, 0.4) is 0 Å². The zero-order valence-corrected chi connectivity index (χ0v) is 12.8. The van der Waals surface area contributed by atoms with Crippen LogP contribution in [0, 0.1) is 3.57 Å². The monoisotopic (exact) mass is 383 g/mol. The van der Waals surface area contributed by atoms with Gasteiger partial charge in [0.1, 0.15) is 18.9 Å². The number of rotatable bonds is 6. The summed E-state index contributed by atoms with van der Waals surface area (Å²) in [6.07, 6.45) is 0. The van der Waals surface area contributed by atoms with E-state index in [1.165, 1.54) is 0 Å². The van der Waals surface area contributed by atoms with Crippen LogP contribution in [0.4, 0.5) is 5.69 Å². The van der Waals surface area contributed by atoms with Crippen LogP contribution in [0.1, 0.15) is 5.56 Å². The number of hydrogen-bond donors (Lipinski definition) is 2. The predicted octanol–water partition coefficient (Wildman–Crippen LogP) is 3.37. The van der Waals surface area contributed by atoms with Gasteiger partial charge in [-0.25, -0.2) is 0 Å². The lowest BCUT2D eigenvalue weighted by molar-refractivity contribution is -0.134. The lowest BCUT2D eigenvalue weighted by Gasteiger charge is -2.13. The normalized spacial score (nSPS) is 10.1. The standard InChI is InChI=1S/C15H14INO3/c16-12-6-7-13(17-9-15(18)19)14(8-12)20-10-11-4-2-1-3-5-11/h1-8,17H,9-10H2,(H,18,19). The van der Waals surface area contributed by atoms with Gasteiger partial charge in [-0.15, -0.1) is 0 Å². The Morgan fingerprint density at radius 3 is 2.65 bits per heavy atom. The number of nitrogens with one attached hydrogen (secondary N) is 1. The Labute approximate surface area is 130 Å². The molecule has 0 spiro atoms. The Balaban J connectivity index is 2.08. The van der Waals surface area contributed by atoms with Crippen LogP contribution in [0.15, 0.2) is 48.5 Å². The molecular weight excluding hydrogens is 369 g/mol. The number of aliphatic carboxylic acids is 1. The average molecular weight is 383 g/mol. The Morgan fingerprint density at radius 1 is 1.20 bits per heavy atom. The maximum Gasteiger partial charge on any atom is 0.322 e. The van der Waals surface area contributed by atoms with Gasteiger partial charge in [0.15, 0.2) is 0 Å². The molecule has 0 heterocycles. The van der Waals surface area contributed by atoms with E-state index in [1.54, 1.807) is 0 Å². The minimum absolute atomic E-state index is 0.137. The highest BCUT2D eigenvalue weighted by Crippen LogP contribution is 2.27. The van der Waals surface area contributed by atoms with E-state index in [1.807, 2.05) is 48.5 Å². The van der Waals surface area contributed by atoms with Gasteiger partial charge in [-0.3, -0.25) is 4.79 Å². The van der Waals surface area contributed by atoms with E-state index in [0.717, 1.165) is 9.13 Å². The first-order chi connectivity index (χ1) is 9.65. The molecule has 0 saturated carbocycles. The number of carbonyl (C=O) groups is 1. The number of anilines is 1. The molecule has 0 fully saturated rings. The Morgan fingerprint density at radius 2 is 1.95 bits per heavy atom. The fourth-order valence-electron chi connectivity index (χ4n) is 1.67. The minimum atomic E-state index is -0.905. The van der Waals surface area contributed by atoms with Gasteiger partial charge < -0.3 is 15.2 Å². The van der Waals surface area contributed by atoms with Crippen LogP contribution < -0.4 is 10.1 Å². The second-order valence-corrected chi connectivity index (χ2v) is 5.41. The molecule has 0 unspecified atom stereocenters. The summed E-state index contributed by atoms with van der Waals surface area (Å²) in [7, 11) is 0. The Bertz CT molecular complexity index is 587. The first-order valence-corrected chi connectivity index (χ1v) is 7.15. The van der Waals surface area contributed by atoms with Crippen LogP contribution in [-0.4, -0.2) is 17.6 Å². The average Bonchev–Trinajstić information content (AvgIpc) is 2.45. The van der Waals surface area contributed by atoms with Crippen molar-refractivity contribution in [1.82, 2.24) is 0 Å². The molecular formula is C15H14INO3. The number of benzene rings is 2. The van der Waals surface area contributed by atoms with Crippen LogP contribution in [0.5, 0.6) is 5.75 Å². The van der Waals surface area contributed by atoms with Crippen molar-refractivity contribution in [3.8, 4) is 5.75 Å². The number of carboxylic acid groups (broad SMARTS) is 1. The van der Waals surface area contributed by atoms with Gasteiger partial charge in [0.05, 0.1) is 5.69 Å². The van der Waals surface area contributed by atoms with E-state index >= 15 is 0 Å². The summed E-state index contributed by atoms with van der Waals surface area (Å²) in [5.41, 5.74) is 1.75. The summed E-state index contributed by atoms with van der Waals surface area (Å²) >= 11 is 2.19. The number of ether oxygens (including phenoxy) is 1. The quantitative estimate of drug-likeness (QED) is 0.752. The summed E-state index contributed by atoms with van der Waals surface area (Å²) in [6, 6.07) is 15.4. The van der Waals surface area contributed by atoms with Crippen LogP contribution in [0.25, 0.3) is 0 Å². The van der Waals surface area contributed by atoms with Gasteiger partial charge in [0.25, 0.3) is 0 Å². The van der Waals surface area contributed by atoms with Crippen molar-refractivity contribution in [3.05, 3.63) is 57.7 Å². The lowest BCUT2D eigenvalue weighted by Crippen LogP contribution is -2.13. The number of hydrogen-bond acceptors (Lipinski definition) is 3. The van der Waals surface area contributed by atoms with E-state index in [-0.39, 0.29) is 6.54 Å². The molecule has 0 bridgehead atoms. The van der Waals surface area contributed by atoms with Crippen molar-refractivity contribution >= 4 is 34.2 Å². The van der Waals surface area contributed by atoms with E-state index in [9.17, 15) is 4.79 Å². The van der Waals surface area contributed by atoms with Crippen molar-refractivity contribution in [2.24, 2.45) is 0 Å². The molecule has 20 heavy (non-hydrogen) atoms. The van der Waals surface area contributed by atoms with Gasteiger partial charge >= 0.3 is 5.97 Å². The molecule has 0 radical (unpaired) electrons. The zero-order valence-electron chi connectivity index (χ0n) is 10.7. The van der Waals surface area contributed by atoms with Gasteiger partial charge in [-0.1, -0.05) is 30.3 Å². The highest BCUT2D eigenvalue weighted by atomic mass is 127. The van der Waals surface area contributed by atoms with Crippen LogP contribution in [-0.2, 0) is 11.4 Å². The van der Waals surface area contributed by atoms with E-state index in [0.29, 0.717) is 18.0 Å². The second kappa shape index (κ2) is 7.14. The van der Waals surface area contributed by atoms with Gasteiger partial charge in [0, 0.05) is 3.57 Å². The molecule has 0 aliphatic heterocycles. The molecule has 4 nitrogen and oxygen atoms in total. The fraction of sp³-hybridized carbons (Fsp3) is 0.133. The molecule has 2 aromatic carbocycles. The van der Waals surface area contributed by atoms with Crippen LogP contribution in [0.2, 0.25) is 0 Å². The van der Waals surface area contributed by atoms with Gasteiger partial charge in [-0.05, 0) is 46.4 Å². The highest BCUT2D eigenvalue weighted by Gasteiger charge is 2.06. The Hall–Kier alpha value is -1.76. The third-order valence-electron chi connectivity index (χ3n) is 2.61. The predicted molar refractivity (Wildman–Crippen MR) is 86.1 cm³/mol. The largest absolute Gasteiger partial charge is 0.487 e. The fourth-order valence-corrected chi connectivity index (χ4v) is 2.13. The van der Waals surface area contributed by atoms with Gasteiger partial charge in [0.2, 0.25) is 0 Å². The summed E-state index contributed by atoms with van der Waals surface area (Å²) in [5, 5.41) is 11.6. The molecule has 2 rings (SSSR count). The van der Waals surface area contributed by atoms with E-state index < -0.39 is 5.97 Å². The summed E-state index contributed by atoms with van der Waals surface area (Å²) in [4.78, 5) is 10.6. The smallest absolute Gasteiger partial charge is 0.322 e. The molecule has 0 amide bonds. The highest BCUT2D eigenvalue weighted by molar-refractivity contribution is 14.1. The molecule has 0 atom stereocenters. The summed E-state index contributed by atoms with van der Waals surface area (Å²) < 4.78 is 6.81. The number of halogens is 1. The molecule has 0 aliphatic rings. The van der Waals surface area contributed by atoms with Crippen molar-refractivity contribution in [3.63, 3.8) is 0 Å². The van der Waals surface area contributed by atoms with Crippen molar-refractivity contribution < 1.29 is 14.6 Å². The van der Waals surface area contributed by atoms with Crippen molar-refractivity contribution in [2.45, 2.75) is 6.61 Å². The maximum absolute atomic E-state index is 10.6. The van der Waals surface area contributed by atoms with E-state index in [2.05, 4.69) is 27.9 Å². The van der Waals surface area contributed by atoms with Gasteiger partial charge in [-0.2, -0.15) is 0 Å². The molecule has 2 aromatic rings. The third kappa shape index (κ3) is 4.41. The summed E-state index contributed by atoms with van der Waals surface area (Å²) in [6.45, 7) is 0.310. The summed E-state index contributed by atoms with van der Waals surface area (Å²) in [5.74, 6) is -0.250. The zero-order chi connectivity index (χ0) is 14.4. The Kier molecular flexibility index (Phi) is 5.23. The first kappa shape index (κ1) is 14.6. The molecule has 104 valence electrons. The molecule has 0 aliphatic carbocycles. The van der Waals surface area contributed by atoms with Crippen LogP contribution >= 0.6 is 22.6 Å². The third-order valence-corrected chi connectivity index (χ3v) is 3.28. The van der Waals surface area contributed by atoms with Crippen molar-refractivity contribution in [1.29, 1.82) is 0 Å². The first-order valence-electron chi connectivity index (χ1n) is 6.07. The second-order valence-electron chi connectivity index (χ2n) is 4.16. The maximum atomic E-state index is 10.6.